The summed E-state index contributed by atoms with van der Waals surface area (Å²) in [7, 11) is 0. The van der Waals surface area contributed by atoms with E-state index in [2.05, 4.69) is 44.6 Å². The maximum absolute atomic E-state index is 4.17. The molecule has 0 saturated carbocycles. The van der Waals surface area contributed by atoms with Gasteiger partial charge in [-0.2, -0.15) is 15.0 Å². The molecule has 2 rings (SSSR count). The van der Waals surface area contributed by atoms with Gasteiger partial charge in [-0.05, 0) is 27.7 Å². The summed E-state index contributed by atoms with van der Waals surface area (Å²) >= 11 is 0. The van der Waals surface area contributed by atoms with Crippen LogP contribution in [0.1, 0.15) is 60.4 Å². The van der Waals surface area contributed by atoms with Crippen molar-refractivity contribution in [3.8, 4) is 0 Å². The first-order chi connectivity index (χ1) is 11.7. The quantitative estimate of drug-likeness (QED) is 0.738. The fourth-order valence-electron chi connectivity index (χ4n) is 1.49. The molecule has 144 valence electrons. The van der Waals surface area contributed by atoms with E-state index in [1.807, 2.05) is 66.7 Å². The molecule has 2 N–H and O–H groups in total. The normalized spacial score (nSPS) is 8.00. The van der Waals surface area contributed by atoms with Gasteiger partial charge in [0.1, 0.15) is 5.82 Å². The summed E-state index contributed by atoms with van der Waals surface area (Å²) in [6, 6.07) is 10.3. The van der Waals surface area contributed by atoms with Crippen molar-refractivity contribution in [1.82, 2.24) is 15.0 Å². The lowest BCUT2D eigenvalue weighted by Crippen LogP contribution is -2.09. The standard InChI is InChI=1S/C8H15N5.C7H8.2C2H6.CH4/c1-4-9-7-11-6(3)12-8(13-7)10-5-2;1-7-5-3-2-4-6-7;2*1-2;/h4-5H2,1-3H3,(H2,9,10,11,12,13);2-6H,1H3;2*1-2H3;1H4. The summed E-state index contributed by atoms with van der Waals surface area (Å²) in [4.78, 5) is 12.4. The van der Waals surface area contributed by atoms with Gasteiger partial charge in [-0.25, -0.2) is 0 Å². The molecule has 0 unspecified atom stereocenters. The van der Waals surface area contributed by atoms with E-state index in [0.29, 0.717) is 11.9 Å². The van der Waals surface area contributed by atoms with Crippen molar-refractivity contribution in [2.75, 3.05) is 23.7 Å². The van der Waals surface area contributed by atoms with E-state index in [1.54, 1.807) is 0 Å². The molecule has 5 nitrogen and oxygen atoms in total. The highest BCUT2D eigenvalue weighted by Gasteiger charge is 2.00. The Labute approximate surface area is 155 Å². The highest BCUT2D eigenvalue weighted by molar-refractivity contribution is 5.33. The van der Waals surface area contributed by atoms with E-state index in [-0.39, 0.29) is 7.43 Å². The van der Waals surface area contributed by atoms with Gasteiger partial charge in [-0.15, -0.1) is 0 Å². The summed E-state index contributed by atoms with van der Waals surface area (Å²) in [6.45, 7) is 17.6. The Kier molecular flexibility index (Phi) is 22.0. The average molecular weight is 350 g/mol. The molecule has 0 radical (unpaired) electrons. The van der Waals surface area contributed by atoms with Crippen molar-refractivity contribution in [2.45, 2.75) is 62.8 Å². The minimum absolute atomic E-state index is 0. The Balaban J connectivity index is -0.000000343. The van der Waals surface area contributed by atoms with E-state index < -0.39 is 0 Å². The number of aromatic nitrogens is 3. The van der Waals surface area contributed by atoms with Crippen LogP contribution in [0.15, 0.2) is 30.3 Å². The van der Waals surface area contributed by atoms with Gasteiger partial charge in [-0.1, -0.05) is 71.0 Å². The highest BCUT2D eigenvalue weighted by Crippen LogP contribution is 2.03. The van der Waals surface area contributed by atoms with Gasteiger partial charge < -0.3 is 10.6 Å². The van der Waals surface area contributed by atoms with Crippen molar-refractivity contribution in [3.05, 3.63) is 41.7 Å². The molecule has 0 amide bonds. The molecule has 0 atom stereocenters. The molecule has 0 aliphatic heterocycles. The summed E-state index contributed by atoms with van der Waals surface area (Å²) in [5, 5.41) is 6.09. The van der Waals surface area contributed by atoms with Gasteiger partial charge in [0.2, 0.25) is 11.9 Å². The Morgan fingerprint density at radius 2 is 1.12 bits per heavy atom. The number of hydrogen-bond acceptors (Lipinski definition) is 5. The third kappa shape index (κ3) is 15.1. The van der Waals surface area contributed by atoms with Crippen LogP contribution in [-0.4, -0.2) is 28.0 Å². The zero-order chi connectivity index (χ0) is 18.8. The Morgan fingerprint density at radius 1 is 0.720 bits per heavy atom. The Hall–Kier alpha value is -2.17. The molecule has 1 aromatic heterocycles. The first-order valence-corrected chi connectivity index (χ1v) is 8.87. The lowest BCUT2D eigenvalue weighted by Gasteiger charge is -2.05. The maximum atomic E-state index is 4.17. The Bertz CT molecular complexity index is 476. The van der Waals surface area contributed by atoms with Gasteiger partial charge in [0.15, 0.2) is 0 Å². The summed E-state index contributed by atoms with van der Waals surface area (Å²) in [5.74, 6) is 1.99. The summed E-state index contributed by atoms with van der Waals surface area (Å²) < 4.78 is 0. The topological polar surface area (TPSA) is 62.7 Å². The molecule has 25 heavy (non-hydrogen) atoms. The lowest BCUT2D eigenvalue weighted by atomic mass is 10.2. The van der Waals surface area contributed by atoms with Crippen molar-refractivity contribution < 1.29 is 0 Å². The van der Waals surface area contributed by atoms with E-state index in [4.69, 9.17) is 0 Å². The average Bonchev–Trinajstić information content (AvgIpc) is 2.60. The van der Waals surface area contributed by atoms with E-state index in [1.165, 1.54) is 5.56 Å². The number of aryl methyl sites for hydroxylation is 2. The molecule has 0 aliphatic carbocycles. The Morgan fingerprint density at radius 3 is 1.40 bits per heavy atom. The van der Waals surface area contributed by atoms with Crippen LogP contribution in [-0.2, 0) is 0 Å². The molecule has 0 spiro atoms. The molecular formula is C20H39N5. The molecule has 1 aromatic carbocycles. The predicted molar refractivity (Wildman–Crippen MR) is 113 cm³/mol. The SMILES string of the molecule is C.CC.CC.CCNc1nc(C)nc(NCC)n1.Cc1ccccc1. The van der Waals surface area contributed by atoms with Crippen molar-refractivity contribution in [2.24, 2.45) is 0 Å². The van der Waals surface area contributed by atoms with Crippen LogP contribution in [0.4, 0.5) is 11.9 Å². The van der Waals surface area contributed by atoms with Crippen LogP contribution >= 0.6 is 0 Å². The number of anilines is 2. The number of rotatable bonds is 4. The number of benzene rings is 1. The maximum Gasteiger partial charge on any atom is 0.227 e. The fourth-order valence-corrected chi connectivity index (χ4v) is 1.49. The highest BCUT2D eigenvalue weighted by atomic mass is 15.2. The largest absolute Gasteiger partial charge is 0.354 e. The zero-order valence-corrected chi connectivity index (χ0v) is 16.6. The van der Waals surface area contributed by atoms with Gasteiger partial charge in [0, 0.05) is 13.1 Å². The van der Waals surface area contributed by atoms with Gasteiger partial charge in [-0.3, -0.25) is 0 Å². The van der Waals surface area contributed by atoms with Gasteiger partial charge in [0.05, 0.1) is 0 Å². The lowest BCUT2D eigenvalue weighted by molar-refractivity contribution is 0.951. The molecule has 0 bridgehead atoms. The van der Waals surface area contributed by atoms with Gasteiger partial charge >= 0.3 is 0 Å². The zero-order valence-electron chi connectivity index (χ0n) is 16.6. The monoisotopic (exact) mass is 349 g/mol. The third-order valence-electron chi connectivity index (χ3n) is 2.36. The number of hydrogen-bond donors (Lipinski definition) is 2. The molecule has 2 aromatic rings. The van der Waals surface area contributed by atoms with E-state index in [0.717, 1.165) is 18.9 Å². The predicted octanol–water partition coefficient (Wildman–Crippen LogP) is 5.73. The van der Waals surface area contributed by atoms with Crippen LogP contribution in [0, 0.1) is 13.8 Å². The van der Waals surface area contributed by atoms with Crippen LogP contribution in [0.3, 0.4) is 0 Å². The minimum Gasteiger partial charge on any atom is -0.354 e. The molecule has 0 aliphatic rings. The molecule has 5 heteroatoms. The second kappa shape index (κ2) is 19.9. The van der Waals surface area contributed by atoms with Crippen LogP contribution in [0.2, 0.25) is 0 Å². The molecule has 0 saturated heterocycles. The van der Waals surface area contributed by atoms with E-state index in [9.17, 15) is 0 Å². The first kappa shape index (κ1) is 27.7. The second-order valence-electron chi connectivity index (χ2n) is 4.25. The van der Waals surface area contributed by atoms with Crippen LogP contribution in [0.5, 0.6) is 0 Å². The summed E-state index contributed by atoms with van der Waals surface area (Å²) in [5.41, 5.74) is 1.32. The van der Waals surface area contributed by atoms with Crippen LogP contribution < -0.4 is 10.6 Å². The number of nitrogens with one attached hydrogen (secondary N) is 2. The van der Waals surface area contributed by atoms with Crippen LogP contribution in [0.25, 0.3) is 0 Å². The number of nitrogens with zero attached hydrogens (tertiary/aromatic N) is 3. The molecule has 0 fully saturated rings. The third-order valence-corrected chi connectivity index (χ3v) is 2.36. The molecule has 1 heterocycles. The minimum atomic E-state index is 0. The van der Waals surface area contributed by atoms with Gasteiger partial charge in [0.25, 0.3) is 0 Å². The second-order valence-corrected chi connectivity index (χ2v) is 4.25. The van der Waals surface area contributed by atoms with Crippen molar-refractivity contribution in [1.29, 1.82) is 0 Å². The summed E-state index contributed by atoms with van der Waals surface area (Å²) in [6.07, 6.45) is 0. The van der Waals surface area contributed by atoms with E-state index >= 15 is 0 Å². The van der Waals surface area contributed by atoms with Crippen molar-refractivity contribution in [3.63, 3.8) is 0 Å². The molecular weight excluding hydrogens is 310 g/mol. The fraction of sp³-hybridized carbons (Fsp3) is 0.550. The van der Waals surface area contributed by atoms with Crippen molar-refractivity contribution >= 4 is 11.9 Å². The first-order valence-electron chi connectivity index (χ1n) is 8.87. The smallest absolute Gasteiger partial charge is 0.227 e.